The van der Waals surface area contributed by atoms with E-state index >= 15 is 0 Å². The third-order valence-corrected chi connectivity index (χ3v) is 5.95. The summed E-state index contributed by atoms with van der Waals surface area (Å²) in [7, 11) is 0. The van der Waals surface area contributed by atoms with E-state index in [0.29, 0.717) is 22.5 Å². The maximum Gasteiger partial charge on any atom is 0.337 e. The standard InChI is InChI=1S/C28H38N8O2.C3H5FO2.C3H6O/c1-17(2)35-26-27(38)36(15-24(37)32-13-18-6-8-19(9-7-18)25(30)31)23(14-33-26)20-10-21(29)12-22(11-20)34-16-28(3,4)5;1-2(4)3(5)6;1-3(2)4/h6-12,14,17,34H,13,15-16,29H2,1-5H3,(H3,30,31)(H,32,37)(H,33,35);2H,1H3,(H,5,6);4H,1H2,2H3. The molecular weight excluding hydrogens is 619 g/mol. The van der Waals surface area contributed by atoms with Crippen LogP contribution in [0.2, 0.25) is 0 Å². The zero-order valence-corrected chi connectivity index (χ0v) is 28.6. The monoisotopic (exact) mass is 668 g/mol. The molecule has 0 spiro atoms. The number of aliphatic hydroxyl groups excluding tert-OH is 1. The summed E-state index contributed by atoms with van der Waals surface area (Å²) in [5.41, 5.74) is 15.3. The van der Waals surface area contributed by atoms with Crippen molar-refractivity contribution < 1.29 is 24.2 Å². The first-order valence-corrected chi connectivity index (χ1v) is 15.1. The molecule has 10 N–H and O–H groups in total. The number of carboxylic acids is 1. The van der Waals surface area contributed by atoms with E-state index < -0.39 is 17.7 Å². The number of carboxylic acid groups (broad SMARTS) is 1. The van der Waals surface area contributed by atoms with Crippen molar-refractivity contribution in [2.45, 2.75) is 73.8 Å². The van der Waals surface area contributed by atoms with Crippen molar-refractivity contribution in [3.8, 4) is 11.3 Å². The number of nitrogens with one attached hydrogen (secondary N) is 4. The summed E-state index contributed by atoms with van der Waals surface area (Å²) in [4.78, 5) is 40.1. The number of halogens is 1. The van der Waals surface area contributed by atoms with Crippen molar-refractivity contribution >= 4 is 34.9 Å². The van der Waals surface area contributed by atoms with E-state index in [2.05, 4.69) is 48.3 Å². The van der Waals surface area contributed by atoms with Crippen LogP contribution in [0.4, 0.5) is 21.6 Å². The fraction of sp³-hybridized carbons (Fsp3) is 0.382. The molecular formula is C34H49FN8O5. The number of allylic oxidation sites excluding steroid dienone is 1. The lowest BCUT2D eigenvalue weighted by molar-refractivity contribution is -0.142. The first kappa shape index (κ1) is 40.6. The van der Waals surface area contributed by atoms with Gasteiger partial charge in [0.2, 0.25) is 5.91 Å². The fourth-order valence-electron chi connectivity index (χ4n) is 3.72. The number of anilines is 3. The second-order valence-corrected chi connectivity index (χ2v) is 12.5. The van der Waals surface area contributed by atoms with E-state index in [4.69, 9.17) is 27.1 Å². The van der Waals surface area contributed by atoms with Crippen LogP contribution in [0.1, 0.15) is 59.6 Å². The highest BCUT2D eigenvalue weighted by atomic mass is 19.1. The van der Waals surface area contributed by atoms with Gasteiger partial charge in [-0.15, -0.1) is 0 Å². The SMILES string of the molecule is C=C(C)O.CC(C)Nc1ncc(-c2cc(N)cc(NCC(C)(C)C)c2)n(CC(=O)NCc2ccc(C(=N)N)cc2)c1=O.CC(F)C(=O)O. The predicted molar refractivity (Wildman–Crippen MR) is 190 cm³/mol. The van der Waals surface area contributed by atoms with Gasteiger partial charge in [0.25, 0.3) is 5.56 Å². The Morgan fingerprint density at radius 3 is 2.15 bits per heavy atom. The number of aromatic nitrogens is 2. The van der Waals surface area contributed by atoms with Crippen molar-refractivity contribution in [1.29, 1.82) is 5.41 Å². The molecule has 0 radical (unpaired) electrons. The average Bonchev–Trinajstić information content (AvgIpc) is 2.96. The molecule has 0 saturated carbocycles. The van der Waals surface area contributed by atoms with Gasteiger partial charge < -0.3 is 37.6 Å². The maximum absolute atomic E-state index is 13.4. The number of rotatable bonds is 11. The van der Waals surface area contributed by atoms with Crippen LogP contribution in [-0.2, 0) is 22.7 Å². The number of carbonyl (C=O) groups is 2. The lowest BCUT2D eigenvalue weighted by atomic mass is 9.97. The number of amides is 1. The zero-order chi connectivity index (χ0) is 36.8. The number of aliphatic hydroxyl groups is 1. The zero-order valence-electron chi connectivity index (χ0n) is 28.6. The second kappa shape index (κ2) is 18.7. The summed E-state index contributed by atoms with van der Waals surface area (Å²) in [6.45, 7) is 16.6. The predicted octanol–water partition coefficient (Wildman–Crippen LogP) is 4.88. The van der Waals surface area contributed by atoms with Crippen LogP contribution in [0.3, 0.4) is 0 Å². The van der Waals surface area contributed by atoms with Crippen LogP contribution < -0.4 is 33.0 Å². The highest BCUT2D eigenvalue weighted by Gasteiger charge is 2.17. The third-order valence-electron chi connectivity index (χ3n) is 5.95. The summed E-state index contributed by atoms with van der Waals surface area (Å²) >= 11 is 0. The van der Waals surface area contributed by atoms with E-state index in [-0.39, 0.29) is 47.9 Å². The Bertz CT molecular complexity index is 1610. The number of benzene rings is 2. The quantitative estimate of drug-likeness (QED) is 0.0599. The highest BCUT2D eigenvalue weighted by Crippen LogP contribution is 2.27. The van der Waals surface area contributed by atoms with Gasteiger partial charge in [0, 0.05) is 41.6 Å². The Hall–Kier alpha value is -5.40. The molecule has 262 valence electrons. The van der Waals surface area contributed by atoms with E-state index in [0.717, 1.165) is 24.7 Å². The second-order valence-electron chi connectivity index (χ2n) is 12.5. The Kier molecular flexibility index (Phi) is 15.8. The Morgan fingerprint density at radius 2 is 1.67 bits per heavy atom. The van der Waals surface area contributed by atoms with Gasteiger partial charge in [-0.25, -0.2) is 14.2 Å². The number of hydrogen-bond donors (Lipinski definition) is 8. The van der Waals surface area contributed by atoms with E-state index in [1.165, 1.54) is 11.5 Å². The van der Waals surface area contributed by atoms with Gasteiger partial charge in [-0.2, -0.15) is 0 Å². The van der Waals surface area contributed by atoms with Gasteiger partial charge in [-0.05, 0) is 56.9 Å². The average molecular weight is 669 g/mol. The number of hydrogen-bond acceptors (Lipinski definition) is 9. The molecule has 0 bridgehead atoms. The van der Waals surface area contributed by atoms with Crippen molar-refractivity contribution in [3.05, 3.63) is 82.5 Å². The number of amidine groups is 1. The molecule has 13 nitrogen and oxygen atoms in total. The van der Waals surface area contributed by atoms with Crippen LogP contribution in [0, 0.1) is 10.8 Å². The normalized spacial score (nSPS) is 11.2. The summed E-state index contributed by atoms with van der Waals surface area (Å²) in [5.74, 6) is -1.42. The minimum Gasteiger partial charge on any atom is -0.513 e. The van der Waals surface area contributed by atoms with Crippen molar-refractivity contribution in [1.82, 2.24) is 14.9 Å². The van der Waals surface area contributed by atoms with Crippen LogP contribution in [0.25, 0.3) is 11.3 Å². The largest absolute Gasteiger partial charge is 0.513 e. The molecule has 1 amide bonds. The van der Waals surface area contributed by atoms with Crippen LogP contribution in [0.5, 0.6) is 0 Å². The lowest BCUT2D eigenvalue weighted by Crippen LogP contribution is -2.35. The minimum absolute atomic E-state index is 0.0122. The topological polar surface area (TPSA) is 221 Å². The Balaban J connectivity index is 0.00000100. The molecule has 3 rings (SSSR count). The molecule has 3 aromatic rings. The van der Waals surface area contributed by atoms with Gasteiger partial charge in [0.15, 0.2) is 12.0 Å². The lowest BCUT2D eigenvalue weighted by Gasteiger charge is -2.21. The molecule has 14 heteroatoms. The van der Waals surface area contributed by atoms with Crippen molar-refractivity contribution in [3.63, 3.8) is 0 Å². The maximum atomic E-state index is 13.4. The van der Waals surface area contributed by atoms with Crippen molar-refractivity contribution in [2.24, 2.45) is 11.1 Å². The first-order valence-electron chi connectivity index (χ1n) is 15.1. The fourth-order valence-corrected chi connectivity index (χ4v) is 3.72. The summed E-state index contributed by atoms with van der Waals surface area (Å²) in [6, 6.07) is 12.5. The van der Waals surface area contributed by atoms with Gasteiger partial charge >= 0.3 is 5.97 Å². The minimum atomic E-state index is -1.73. The number of nitrogens with two attached hydrogens (primary N) is 2. The van der Waals surface area contributed by atoms with Crippen LogP contribution in [-0.4, -0.2) is 56.2 Å². The summed E-state index contributed by atoms with van der Waals surface area (Å²) in [6.07, 6.45) is -0.146. The summed E-state index contributed by atoms with van der Waals surface area (Å²) < 4.78 is 12.6. The number of carbonyl (C=O) groups excluding carboxylic acids is 1. The third kappa shape index (κ3) is 15.3. The molecule has 0 fully saturated rings. The molecule has 48 heavy (non-hydrogen) atoms. The molecule has 1 unspecified atom stereocenters. The molecule has 2 aromatic carbocycles. The van der Waals surface area contributed by atoms with E-state index in [1.54, 1.807) is 36.5 Å². The van der Waals surface area contributed by atoms with Gasteiger partial charge in [-0.1, -0.05) is 51.6 Å². The van der Waals surface area contributed by atoms with Gasteiger partial charge in [0.05, 0.1) is 17.6 Å². The molecule has 0 aliphatic heterocycles. The number of aliphatic carboxylic acids is 1. The number of nitrogens with zero attached hydrogens (tertiary/aromatic N) is 2. The number of alkyl halides is 1. The van der Waals surface area contributed by atoms with E-state index in [9.17, 15) is 18.8 Å². The Labute approximate surface area is 280 Å². The van der Waals surface area contributed by atoms with E-state index in [1.807, 2.05) is 26.0 Å². The molecule has 0 aliphatic rings. The highest BCUT2D eigenvalue weighted by molar-refractivity contribution is 5.94. The van der Waals surface area contributed by atoms with Crippen LogP contribution >= 0.6 is 0 Å². The van der Waals surface area contributed by atoms with Crippen molar-refractivity contribution in [2.75, 3.05) is 22.9 Å². The van der Waals surface area contributed by atoms with Crippen LogP contribution in [0.15, 0.2) is 65.8 Å². The Morgan fingerprint density at radius 1 is 1.10 bits per heavy atom. The molecule has 0 aliphatic carbocycles. The molecule has 0 saturated heterocycles. The first-order chi connectivity index (χ1) is 22.2. The molecule has 1 aromatic heterocycles. The summed E-state index contributed by atoms with van der Waals surface area (Å²) in [5, 5.41) is 32.3. The molecule has 1 heterocycles. The molecule has 1 atom stereocenters. The smallest absolute Gasteiger partial charge is 0.337 e. The number of nitrogen functional groups attached to an aromatic ring is 2. The van der Waals surface area contributed by atoms with Gasteiger partial charge in [0.1, 0.15) is 12.4 Å². The van der Waals surface area contributed by atoms with Gasteiger partial charge in [-0.3, -0.25) is 19.6 Å².